The molecule has 32 heavy (non-hydrogen) atoms. The van der Waals surface area contributed by atoms with Gasteiger partial charge in [0.1, 0.15) is 17.4 Å². The molecule has 0 fully saturated rings. The normalized spacial score (nSPS) is 13.9. The number of fused-ring (bicyclic) bond motifs is 1. The summed E-state index contributed by atoms with van der Waals surface area (Å²) in [6.45, 7) is 3.02. The first-order valence-corrected chi connectivity index (χ1v) is 10.7. The number of ether oxygens (including phenoxy) is 1. The highest BCUT2D eigenvalue weighted by Gasteiger charge is 2.20. The Morgan fingerprint density at radius 1 is 1.22 bits per heavy atom. The summed E-state index contributed by atoms with van der Waals surface area (Å²) in [7, 11) is 1.58. The number of carbonyl (C=O) groups is 1. The van der Waals surface area contributed by atoms with Gasteiger partial charge in [0.25, 0.3) is 0 Å². The molecule has 1 aromatic carbocycles. The Kier molecular flexibility index (Phi) is 7.06. The maximum absolute atomic E-state index is 14.2. The van der Waals surface area contributed by atoms with E-state index in [0.29, 0.717) is 50.2 Å². The highest BCUT2D eigenvalue weighted by molar-refractivity contribution is 5.76. The molecule has 0 radical (unpaired) electrons. The van der Waals surface area contributed by atoms with Crippen LogP contribution in [0, 0.1) is 5.82 Å². The predicted molar refractivity (Wildman–Crippen MR) is 116 cm³/mol. The van der Waals surface area contributed by atoms with Crippen molar-refractivity contribution in [1.29, 1.82) is 0 Å². The number of rotatable bonds is 8. The number of pyridine rings is 1. The lowest BCUT2D eigenvalue weighted by atomic mass is 10.1. The zero-order valence-corrected chi connectivity index (χ0v) is 18.1. The molecule has 0 bridgehead atoms. The van der Waals surface area contributed by atoms with Gasteiger partial charge in [0.2, 0.25) is 5.91 Å². The number of nitrogens with one attached hydrogen (secondary N) is 1. The third-order valence-electron chi connectivity index (χ3n) is 5.65. The molecule has 2 aromatic heterocycles. The Hall–Kier alpha value is -3.33. The Morgan fingerprint density at radius 3 is 2.94 bits per heavy atom. The number of nitrogens with zero attached hydrogens (tertiary/aromatic N) is 5. The number of aromatic nitrogens is 4. The SMILES string of the molecule is COc1ccc(F)c(CN2CCc3nnc(CNC(=O)CCc4cccnc4)n3CC2)c1. The van der Waals surface area contributed by atoms with E-state index in [0.717, 1.165) is 30.3 Å². The maximum Gasteiger partial charge on any atom is 0.220 e. The molecular formula is C23H27FN6O2. The number of aryl methyl sites for hydroxylation is 1. The second kappa shape index (κ2) is 10.3. The molecule has 0 spiro atoms. The van der Waals surface area contributed by atoms with Crippen LogP contribution in [0.3, 0.4) is 0 Å². The van der Waals surface area contributed by atoms with Gasteiger partial charge < -0.3 is 14.6 Å². The molecule has 0 atom stereocenters. The molecule has 1 N–H and O–H groups in total. The second-order valence-electron chi connectivity index (χ2n) is 7.81. The minimum absolute atomic E-state index is 0.0325. The Morgan fingerprint density at radius 2 is 2.12 bits per heavy atom. The molecule has 0 saturated carbocycles. The van der Waals surface area contributed by atoms with Crippen molar-refractivity contribution in [3.63, 3.8) is 0 Å². The van der Waals surface area contributed by atoms with Gasteiger partial charge in [-0.05, 0) is 36.2 Å². The van der Waals surface area contributed by atoms with Crippen LogP contribution in [0.15, 0.2) is 42.7 Å². The van der Waals surface area contributed by atoms with Crippen LogP contribution in [-0.2, 0) is 37.3 Å². The lowest BCUT2D eigenvalue weighted by molar-refractivity contribution is -0.121. The molecule has 8 nitrogen and oxygen atoms in total. The van der Waals surface area contributed by atoms with Crippen molar-refractivity contribution < 1.29 is 13.9 Å². The van der Waals surface area contributed by atoms with Gasteiger partial charge in [0.15, 0.2) is 5.82 Å². The molecule has 0 unspecified atom stereocenters. The van der Waals surface area contributed by atoms with E-state index in [2.05, 4.69) is 30.0 Å². The van der Waals surface area contributed by atoms with Crippen molar-refractivity contribution in [2.24, 2.45) is 0 Å². The zero-order valence-electron chi connectivity index (χ0n) is 18.1. The molecule has 1 amide bonds. The third-order valence-corrected chi connectivity index (χ3v) is 5.65. The number of hydrogen-bond acceptors (Lipinski definition) is 6. The molecule has 0 aliphatic carbocycles. The number of halogens is 1. The summed E-state index contributed by atoms with van der Waals surface area (Å²) in [5.41, 5.74) is 1.65. The minimum Gasteiger partial charge on any atom is -0.497 e. The highest BCUT2D eigenvalue weighted by atomic mass is 19.1. The topological polar surface area (TPSA) is 85.2 Å². The first-order chi connectivity index (χ1) is 15.6. The fraction of sp³-hybridized carbons (Fsp3) is 0.391. The molecule has 3 heterocycles. The van der Waals surface area contributed by atoms with Crippen molar-refractivity contribution in [1.82, 2.24) is 30.0 Å². The van der Waals surface area contributed by atoms with Gasteiger partial charge in [-0.2, -0.15) is 0 Å². The van der Waals surface area contributed by atoms with E-state index in [1.807, 2.05) is 12.1 Å². The summed E-state index contributed by atoms with van der Waals surface area (Å²) < 4.78 is 21.5. The van der Waals surface area contributed by atoms with Gasteiger partial charge in [-0.15, -0.1) is 10.2 Å². The lowest BCUT2D eigenvalue weighted by Gasteiger charge is -2.20. The van der Waals surface area contributed by atoms with Gasteiger partial charge in [-0.3, -0.25) is 14.7 Å². The summed E-state index contributed by atoms with van der Waals surface area (Å²) in [5, 5.41) is 11.5. The van der Waals surface area contributed by atoms with Crippen molar-refractivity contribution in [3.8, 4) is 5.75 Å². The summed E-state index contributed by atoms with van der Waals surface area (Å²) in [6.07, 6.45) is 5.25. The van der Waals surface area contributed by atoms with Crippen LogP contribution in [0.4, 0.5) is 4.39 Å². The quantitative estimate of drug-likeness (QED) is 0.580. The van der Waals surface area contributed by atoms with E-state index in [1.54, 1.807) is 31.6 Å². The number of amides is 1. The standard InChI is InChI=1S/C23H27FN6O2/c1-32-19-5-6-20(24)18(13-19)16-29-10-8-21-27-28-22(30(21)12-11-29)15-26-23(31)7-4-17-3-2-9-25-14-17/h2-3,5-6,9,13-14H,4,7-8,10-12,15-16H2,1H3,(H,26,31). The van der Waals surface area contributed by atoms with E-state index in [-0.39, 0.29) is 11.7 Å². The van der Waals surface area contributed by atoms with Crippen LogP contribution in [0.5, 0.6) is 5.75 Å². The van der Waals surface area contributed by atoms with E-state index in [9.17, 15) is 9.18 Å². The summed E-state index contributed by atoms with van der Waals surface area (Å²) in [6, 6.07) is 8.63. The van der Waals surface area contributed by atoms with Crippen molar-refractivity contribution in [3.05, 3.63) is 71.3 Å². The summed E-state index contributed by atoms with van der Waals surface area (Å²) in [4.78, 5) is 18.5. The van der Waals surface area contributed by atoms with Gasteiger partial charge in [-0.25, -0.2) is 4.39 Å². The third kappa shape index (κ3) is 5.47. The molecule has 168 valence electrons. The summed E-state index contributed by atoms with van der Waals surface area (Å²) >= 11 is 0. The fourth-order valence-electron chi connectivity index (χ4n) is 3.83. The molecule has 3 aromatic rings. The van der Waals surface area contributed by atoms with Crippen LogP contribution in [0.2, 0.25) is 0 Å². The smallest absolute Gasteiger partial charge is 0.220 e. The van der Waals surface area contributed by atoms with E-state index in [4.69, 9.17) is 4.74 Å². The van der Waals surface area contributed by atoms with Crippen LogP contribution in [-0.4, -0.2) is 50.8 Å². The Balaban J connectivity index is 1.31. The number of hydrogen-bond donors (Lipinski definition) is 1. The monoisotopic (exact) mass is 438 g/mol. The second-order valence-corrected chi connectivity index (χ2v) is 7.81. The fourth-order valence-corrected chi connectivity index (χ4v) is 3.83. The van der Waals surface area contributed by atoms with Gasteiger partial charge >= 0.3 is 0 Å². The Bertz CT molecular complexity index is 1060. The van der Waals surface area contributed by atoms with Gasteiger partial charge in [-0.1, -0.05) is 6.07 Å². The minimum atomic E-state index is -0.232. The van der Waals surface area contributed by atoms with E-state index < -0.39 is 0 Å². The zero-order chi connectivity index (χ0) is 22.3. The maximum atomic E-state index is 14.2. The van der Waals surface area contributed by atoms with E-state index >= 15 is 0 Å². The molecule has 4 rings (SSSR count). The van der Waals surface area contributed by atoms with Crippen LogP contribution < -0.4 is 10.1 Å². The van der Waals surface area contributed by atoms with Crippen LogP contribution >= 0.6 is 0 Å². The highest BCUT2D eigenvalue weighted by Crippen LogP contribution is 2.19. The first kappa shape index (κ1) is 21.9. The lowest BCUT2D eigenvalue weighted by Crippen LogP contribution is -2.28. The molecule has 9 heteroatoms. The van der Waals surface area contributed by atoms with Crippen molar-refractivity contribution >= 4 is 5.91 Å². The Labute approximate surface area is 186 Å². The molecule has 1 aliphatic heterocycles. The summed E-state index contributed by atoms with van der Waals surface area (Å²) in [5.74, 6) is 2.01. The average molecular weight is 439 g/mol. The first-order valence-electron chi connectivity index (χ1n) is 10.7. The van der Waals surface area contributed by atoms with Gasteiger partial charge in [0, 0.05) is 57.0 Å². The number of methoxy groups -OCH3 is 1. The van der Waals surface area contributed by atoms with Crippen LogP contribution in [0.1, 0.15) is 29.2 Å². The van der Waals surface area contributed by atoms with Gasteiger partial charge in [0.05, 0.1) is 13.7 Å². The largest absolute Gasteiger partial charge is 0.497 e. The van der Waals surface area contributed by atoms with E-state index in [1.165, 1.54) is 6.07 Å². The average Bonchev–Trinajstić information content (AvgIpc) is 3.10. The molecule has 1 aliphatic rings. The number of benzene rings is 1. The van der Waals surface area contributed by atoms with Crippen molar-refractivity contribution in [2.75, 3.05) is 20.2 Å². The van der Waals surface area contributed by atoms with Crippen LogP contribution in [0.25, 0.3) is 0 Å². The molecular weight excluding hydrogens is 411 g/mol. The molecule has 0 saturated heterocycles. The predicted octanol–water partition coefficient (Wildman–Crippen LogP) is 2.13. The van der Waals surface area contributed by atoms with Crippen molar-refractivity contribution in [2.45, 2.75) is 38.9 Å². The number of carbonyl (C=O) groups excluding carboxylic acids is 1.